The Bertz CT molecular complexity index is 600. The van der Waals surface area contributed by atoms with Crippen LogP contribution in [-0.2, 0) is 11.2 Å². The Morgan fingerprint density at radius 3 is 2.82 bits per heavy atom. The molecule has 116 valence electrons. The standard InChI is InChI=1S/C17H21N3OS/c18-8-14-9-20(10-16(14)13-4-2-1-3-5-13)17(21)7-6-15-11-22-12-19-15/h1-5,11-12,14,16H,6-10,18H2/t14-,16+/m1/s1. The second-order valence-electron chi connectivity index (χ2n) is 5.79. The van der Waals surface area contributed by atoms with E-state index < -0.39 is 0 Å². The Hall–Kier alpha value is -1.72. The first-order valence-electron chi connectivity index (χ1n) is 7.67. The fourth-order valence-corrected chi connectivity index (χ4v) is 3.74. The predicted octanol–water partition coefficient (Wildman–Crippen LogP) is 2.28. The number of nitrogens with zero attached hydrogens (tertiary/aromatic N) is 2. The van der Waals surface area contributed by atoms with Crippen molar-refractivity contribution < 1.29 is 4.79 Å². The first-order valence-corrected chi connectivity index (χ1v) is 8.62. The van der Waals surface area contributed by atoms with Crippen LogP contribution in [0.15, 0.2) is 41.2 Å². The fraction of sp³-hybridized carbons (Fsp3) is 0.412. The summed E-state index contributed by atoms with van der Waals surface area (Å²) in [6, 6.07) is 10.4. The molecule has 4 nitrogen and oxygen atoms in total. The molecule has 0 saturated carbocycles. The number of carbonyl (C=O) groups is 1. The molecule has 0 bridgehead atoms. The van der Waals surface area contributed by atoms with Crippen molar-refractivity contribution in [2.24, 2.45) is 11.7 Å². The lowest BCUT2D eigenvalue weighted by molar-refractivity contribution is -0.130. The van der Waals surface area contributed by atoms with Gasteiger partial charge >= 0.3 is 0 Å². The van der Waals surface area contributed by atoms with Gasteiger partial charge in [0.25, 0.3) is 0 Å². The monoisotopic (exact) mass is 315 g/mol. The van der Waals surface area contributed by atoms with Crippen molar-refractivity contribution >= 4 is 17.2 Å². The van der Waals surface area contributed by atoms with E-state index in [4.69, 9.17) is 5.73 Å². The molecular formula is C17H21N3OS. The second-order valence-corrected chi connectivity index (χ2v) is 6.51. The summed E-state index contributed by atoms with van der Waals surface area (Å²) in [5, 5.41) is 2.01. The summed E-state index contributed by atoms with van der Waals surface area (Å²) in [5.41, 5.74) is 10.0. The summed E-state index contributed by atoms with van der Waals surface area (Å²) in [7, 11) is 0. The topological polar surface area (TPSA) is 59.2 Å². The van der Waals surface area contributed by atoms with E-state index in [1.807, 2.05) is 21.9 Å². The highest BCUT2D eigenvalue weighted by Gasteiger charge is 2.34. The zero-order valence-corrected chi connectivity index (χ0v) is 13.3. The minimum absolute atomic E-state index is 0.213. The van der Waals surface area contributed by atoms with Gasteiger partial charge in [0, 0.05) is 30.8 Å². The molecule has 0 radical (unpaired) electrons. The van der Waals surface area contributed by atoms with Crippen LogP contribution in [0.25, 0.3) is 0 Å². The highest BCUT2D eigenvalue weighted by Crippen LogP contribution is 2.32. The molecule has 1 saturated heterocycles. The number of hydrogen-bond acceptors (Lipinski definition) is 4. The fourth-order valence-electron chi connectivity index (χ4n) is 3.15. The van der Waals surface area contributed by atoms with Crippen LogP contribution in [0.5, 0.6) is 0 Å². The lowest BCUT2D eigenvalue weighted by Crippen LogP contribution is -2.30. The summed E-state index contributed by atoms with van der Waals surface area (Å²) in [6.45, 7) is 2.17. The van der Waals surface area contributed by atoms with E-state index in [0.29, 0.717) is 24.8 Å². The Balaban J connectivity index is 1.62. The minimum Gasteiger partial charge on any atom is -0.342 e. The highest BCUT2D eigenvalue weighted by atomic mass is 32.1. The molecular weight excluding hydrogens is 294 g/mol. The molecule has 0 aliphatic carbocycles. The average Bonchev–Trinajstić information content (AvgIpc) is 3.22. The van der Waals surface area contributed by atoms with E-state index in [2.05, 4.69) is 29.2 Å². The van der Waals surface area contributed by atoms with E-state index in [0.717, 1.165) is 25.2 Å². The zero-order chi connectivity index (χ0) is 15.4. The van der Waals surface area contributed by atoms with Crippen molar-refractivity contribution in [2.45, 2.75) is 18.8 Å². The first-order chi connectivity index (χ1) is 10.8. The van der Waals surface area contributed by atoms with Gasteiger partial charge in [-0.2, -0.15) is 0 Å². The smallest absolute Gasteiger partial charge is 0.222 e. The molecule has 1 aromatic heterocycles. The number of nitrogens with two attached hydrogens (primary N) is 1. The summed E-state index contributed by atoms with van der Waals surface area (Å²) in [6.07, 6.45) is 1.25. The molecule has 5 heteroatoms. The first kappa shape index (κ1) is 15.2. The van der Waals surface area contributed by atoms with E-state index >= 15 is 0 Å². The highest BCUT2D eigenvalue weighted by molar-refractivity contribution is 7.07. The van der Waals surface area contributed by atoms with Crippen molar-refractivity contribution in [3.63, 3.8) is 0 Å². The number of thiazole rings is 1. The molecule has 1 aliphatic rings. The summed E-state index contributed by atoms with van der Waals surface area (Å²) >= 11 is 1.57. The maximum atomic E-state index is 12.4. The van der Waals surface area contributed by atoms with Gasteiger partial charge in [0.15, 0.2) is 0 Å². The molecule has 2 N–H and O–H groups in total. The van der Waals surface area contributed by atoms with Crippen LogP contribution in [0.2, 0.25) is 0 Å². The Morgan fingerprint density at radius 1 is 1.32 bits per heavy atom. The number of amides is 1. The van der Waals surface area contributed by atoms with Crippen LogP contribution in [0, 0.1) is 5.92 Å². The maximum absolute atomic E-state index is 12.4. The van der Waals surface area contributed by atoms with Gasteiger partial charge in [-0.05, 0) is 24.4 Å². The van der Waals surface area contributed by atoms with Crippen LogP contribution in [0.3, 0.4) is 0 Å². The molecule has 1 aromatic carbocycles. The lowest BCUT2D eigenvalue weighted by Gasteiger charge is -2.16. The van der Waals surface area contributed by atoms with Gasteiger partial charge in [0.2, 0.25) is 5.91 Å². The summed E-state index contributed by atoms with van der Waals surface area (Å²) in [5.74, 6) is 0.921. The summed E-state index contributed by atoms with van der Waals surface area (Å²) < 4.78 is 0. The minimum atomic E-state index is 0.213. The van der Waals surface area contributed by atoms with Crippen molar-refractivity contribution in [1.29, 1.82) is 0 Å². The molecule has 1 amide bonds. The van der Waals surface area contributed by atoms with Crippen molar-refractivity contribution in [3.8, 4) is 0 Å². The van der Waals surface area contributed by atoms with Crippen molar-refractivity contribution in [1.82, 2.24) is 9.88 Å². The predicted molar refractivity (Wildman–Crippen MR) is 88.7 cm³/mol. The lowest BCUT2D eigenvalue weighted by atomic mass is 9.89. The number of hydrogen-bond donors (Lipinski definition) is 1. The molecule has 0 spiro atoms. The van der Waals surface area contributed by atoms with Gasteiger partial charge in [-0.15, -0.1) is 11.3 Å². The molecule has 2 aromatic rings. The Labute approximate surface area is 135 Å². The van der Waals surface area contributed by atoms with Gasteiger partial charge in [-0.1, -0.05) is 30.3 Å². The second kappa shape index (κ2) is 7.03. The molecule has 1 aliphatic heterocycles. The largest absolute Gasteiger partial charge is 0.342 e. The number of aryl methyl sites for hydroxylation is 1. The Morgan fingerprint density at radius 2 is 2.14 bits per heavy atom. The number of benzene rings is 1. The van der Waals surface area contributed by atoms with Gasteiger partial charge in [-0.25, -0.2) is 4.98 Å². The summed E-state index contributed by atoms with van der Waals surface area (Å²) in [4.78, 5) is 18.6. The van der Waals surface area contributed by atoms with E-state index in [1.54, 1.807) is 11.3 Å². The third-order valence-electron chi connectivity index (χ3n) is 4.40. The van der Waals surface area contributed by atoms with Crippen molar-refractivity contribution in [3.05, 3.63) is 52.5 Å². The van der Waals surface area contributed by atoms with E-state index in [9.17, 15) is 4.79 Å². The van der Waals surface area contributed by atoms with Crippen LogP contribution >= 0.6 is 11.3 Å². The van der Waals surface area contributed by atoms with Gasteiger partial charge in [0.05, 0.1) is 11.2 Å². The molecule has 3 rings (SSSR count). The molecule has 2 atom stereocenters. The SMILES string of the molecule is NC[C@@H]1CN(C(=O)CCc2cscn2)C[C@H]1c1ccccc1. The number of aromatic nitrogens is 1. The van der Waals surface area contributed by atoms with Crippen molar-refractivity contribution in [2.75, 3.05) is 19.6 Å². The normalized spacial score (nSPS) is 21.2. The van der Waals surface area contributed by atoms with Crippen LogP contribution in [0.1, 0.15) is 23.6 Å². The number of rotatable bonds is 5. The molecule has 0 unspecified atom stereocenters. The maximum Gasteiger partial charge on any atom is 0.222 e. The third-order valence-corrected chi connectivity index (χ3v) is 5.04. The molecule has 2 heterocycles. The third kappa shape index (κ3) is 3.36. The molecule has 1 fully saturated rings. The van der Waals surface area contributed by atoms with Gasteiger partial charge < -0.3 is 10.6 Å². The van der Waals surface area contributed by atoms with Crippen LogP contribution in [0.4, 0.5) is 0 Å². The molecule has 22 heavy (non-hydrogen) atoms. The zero-order valence-electron chi connectivity index (χ0n) is 12.5. The Kier molecular flexibility index (Phi) is 4.85. The van der Waals surface area contributed by atoms with Crippen LogP contribution in [-0.4, -0.2) is 35.4 Å². The average molecular weight is 315 g/mol. The number of carbonyl (C=O) groups excluding carboxylic acids is 1. The quantitative estimate of drug-likeness (QED) is 0.921. The van der Waals surface area contributed by atoms with E-state index in [1.165, 1.54) is 5.56 Å². The number of likely N-dealkylation sites (tertiary alicyclic amines) is 1. The van der Waals surface area contributed by atoms with Gasteiger partial charge in [-0.3, -0.25) is 4.79 Å². The van der Waals surface area contributed by atoms with Crippen LogP contribution < -0.4 is 5.73 Å². The van der Waals surface area contributed by atoms with E-state index in [-0.39, 0.29) is 5.91 Å². The van der Waals surface area contributed by atoms with Gasteiger partial charge in [0.1, 0.15) is 0 Å².